The summed E-state index contributed by atoms with van der Waals surface area (Å²) in [5, 5.41) is 12.7. The Morgan fingerprint density at radius 1 is 1.21 bits per heavy atom. The quantitative estimate of drug-likeness (QED) is 0.827. The molecule has 1 aliphatic rings. The van der Waals surface area contributed by atoms with Crippen molar-refractivity contribution in [1.82, 2.24) is 5.32 Å². The average Bonchev–Trinajstić information content (AvgIpc) is 2.45. The molecule has 0 radical (unpaired) electrons. The molecule has 0 bridgehead atoms. The monoisotopic (exact) mass is 261 g/mol. The first-order valence-corrected chi connectivity index (χ1v) is 7.26. The fraction of sp³-hybridized carbons (Fsp3) is 0.562. The van der Waals surface area contributed by atoms with Gasteiger partial charge < -0.3 is 10.4 Å². The summed E-state index contributed by atoms with van der Waals surface area (Å²) < 4.78 is 0. The predicted molar refractivity (Wildman–Crippen MR) is 76.3 cm³/mol. The first-order chi connectivity index (χ1) is 9.27. The Hall–Kier alpha value is -1.35. The largest absolute Gasteiger partial charge is 0.481 e. The summed E-state index contributed by atoms with van der Waals surface area (Å²) >= 11 is 0. The van der Waals surface area contributed by atoms with Crippen molar-refractivity contribution in [3.63, 3.8) is 0 Å². The fourth-order valence-corrected chi connectivity index (χ4v) is 2.86. The highest BCUT2D eigenvalue weighted by Gasteiger charge is 2.20. The molecule has 0 amide bonds. The molecule has 1 atom stereocenters. The van der Waals surface area contributed by atoms with E-state index in [1.54, 1.807) is 0 Å². The van der Waals surface area contributed by atoms with Gasteiger partial charge in [0.1, 0.15) is 0 Å². The van der Waals surface area contributed by atoms with Crippen LogP contribution in [0, 0.1) is 5.92 Å². The van der Waals surface area contributed by atoms with Gasteiger partial charge in [-0.1, -0.05) is 49.6 Å². The standard InChI is InChI=1S/C16H23NO2/c18-16(19)15(14-9-5-2-6-10-14)12-17-11-13-7-3-1-4-8-13/h2,5-6,9-10,13,15,17H,1,3-4,7-8,11-12H2,(H,18,19)/t15-/m1/s1. The predicted octanol–water partition coefficient (Wildman–Crippen LogP) is 3.02. The number of rotatable bonds is 6. The van der Waals surface area contributed by atoms with Gasteiger partial charge in [-0.25, -0.2) is 0 Å². The van der Waals surface area contributed by atoms with E-state index in [1.165, 1.54) is 32.1 Å². The SMILES string of the molecule is O=C(O)[C@H](CNCC1CCCCC1)c1ccccc1. The van der Waals surface area contributed by atoms with E-state index in [4.69, 9.17) is 0 Å². The van der Waals surface area contributed by atoms with Crippen molar-refractivity contribution in [3.05, 3.63) is 35.9 Å². The molecular weight excluding hydrogens is 238 g/mol. The van der Waals surface area contributed by atoms with Crippen molar-refractivity contribution in [2.24, 2.45) is 5.92 Å². The number of benzene rings is 1. The Labute approximate surface area is 115 Å². The number of nitrogens with one attached hydrogen (secondary N) is 1. The minimum Gasteiger partial charge on any atom is -0.481 e. The summed E-state index contributed by atoms with van der Waals surface area (Å²) in [5.74, 6) is -0.453. The molecule has 0 spiro atoms. The van der Waals surface area contributed by atoms with E-state index in [0.717, 1.165) is 18.0 Å². The summed E-state index contributed by atoms with van der Waals surface area (Å²) in [6.07, 6.45) is 6.59. The average molecular weight is 261 g/mol. The Morgan fingerprint density at radius 3 is 2.53 bits per heavy atom. The molecule has 2 rings (SSSR count). The molecule has 0 saturated heterocycles. The zero-order valence-corrected chi connectivity index (χ0v) is 11.3. The summed E-state index contributed by atoms with van der Waals surface area (Å²) in [6.45, 7) is 1.48. The van der Waals surface area contributed by atoms with Gasteiger partial charge in [0.25, 0.3) is 0 Å². The third-order valence-electron chi connectivity index (χ3n) is 4.01. The molecule has 1 aromatic rings. The number of hydrogen-bond donors (Lipinski definition) is 2. The van der Waals surface area contributed by atoms with Crippen LogP contribution >= 0.6 is 0 Å². The van der Waals surface area contributed by atoms with Crippen LogP contribution in [0.3, 0.4) is 0 Å². The molecule has 19 heavy (non-hydrogen) atoms. The summed E-state index contributed by atoms with van der Waals surface area (Å²) in [7, 11) is 0. The molecular formula is C16H23NO2. The molecule has 1 saturated carbocycles. The van der Waals surface area contributed by atoms with E-state index in [2.05, 4.69) is 5.32 Å². The Balaban J connectivity index is 1.82. The maximum absolute atomic E-state index is 11.3. The lowest BCUT2D eigenvalue weighted by Crippen LogP contribution is -2.31. The Bertz CT molecular complexity index is 385. The van der Waals surface area contributed by atoms with Gasteiger partial charge in [-0.15, -0.1) is 0 Å². The lowest BCUT2D eigenvalue weighted by atomic mass is 9.89. The van der Waals surface area contributed by atoms with Crippen LogP contribution in [0.25, 0.3) is 0 Å². The zero-order chi connectivity index (χ0) is 13.5. The third-order valence-corrected chi connectivity index (χ3v) is 4.01. The van der Waals surface area contributed by atoms with Crippen molar-refractivity contribution < 1.29 is 9.90 Å². The van der Waals surface area contributed by atoms with Gasteiger partial charge in [0.05, 0.1) is 5.92 Å². The van der Waals surface area contributed by atoms with E-state index >= 15 is 0 Å². The second-order valence-electron chi connectivity index (χ2n) is 5.46. The molecule has 0 heterocycles. The van der Waals surface area contributed by atoms with Gasteiger partial charge in [-0.2, -0.15) is 0 Å². The van der Waals surface area contributed by atoms with Crippen LogP contribution in [0.2, 0.25) is 0 Å². The molecule has 3 heteroatoms. The third kappa shape index (κ3) is 4.35. The van der Waals surface area contributed by atoms with Gasteiger partial charge >= 0.3 is 5.97 Å². The van der Waals surface area contributed by atoms with Crippen LogP contribution in [0.15, 0.2) is 30.3 Å². The second-order valence-corrected chi connectivity index (χ2v) is 5.46. The minimum atomic E-state index is -0.748. The second kappa shape index (κ2) is 7.29. The first-order valence-electron chi connectivity index (χ1n) is 7.26. The van der Waals surface area contributed by atoms with E-state index in [1.807, 2.05) is 30.3 Å². The van der Waals surface area contributed by atoms with Crippen LogP contribution < -0.4 is 5.32 Å². The smallest absolute Gasteiger partial charge is 0.312 e. The van der Waals surface area contributed by atoms with Crippen molar-refractivity contribution >= 4 is 5.97 Å². The van der Waals surface area contributed by atoms with Crippen molar-refractivity contribution in [1.29, 1.82) is 0 Å². The maximum Gasteiger partial charge on any atom is 0.312 e. The van der Waals surface area contributed by atoms with E-state index in [0.29, 0.717) is 6.54 Å². The van der Waals surface area contributed by atoms with E-state index in [-0.39, 0.29) is 0 Å². The van der Waals surface area contributed by atoms with Gasteiger partial charge in [0.15, 0.2) is 0 Å². The van der Waals surface area contributed by atoms with E-state index in [9.17, 15) is 9.90 Å². The molecule has 1 aromatic carbocycles. The van der Waals surface area contributed by atoms with Gasteiger partial charge in [-0.3, -0.25) is 4.79 Å². The number of carboxylic acid groups (broad SMARTS) is 1. The molecule has 0 aliphatic heterocycles. The van der Waals surface area contributed by atoms with Crippen molar-refractivity contribution in [2.45, 2.75) is 38.0 Å². The first kappa shape index (κ1) is 14.1. The highest BCUT2D eigenvalue weighted by atomic mass is 16.4. The van der Waals surface area contributed by atoms with Crippen LogP contribution in [0.1, 0.15) is 43.6 Å². The molecule has 1 fully saturated rings. The molecule has 0 unspecified atom stereocenters. The van der Waals surface area contributed by atoms with Gasteiger partial charge in [0.2, 0.25) is 0 Å². The number of carboxylic acids is 1. The summed E-state index contributed by atoms with van der Waals surface area (Å²) in [4.78, 5) is 11.3. The minimum absolute atomic E-state index is 0.440. The zero-order valence-electron chi connectivity index (χ0n) is 11.3. The van der Waals surface area contributed by atoms with Crippen LogP contribution in [0.5, 0.6) is 0 Å². The highest BCUT2D eigenvalue weighted by Crippen LogP contribution is 2.23. The van der Waals surface area contributed by atoms with E-state index < -0.39 is 11.9 Å². The topological polar surface area (TPSA) is 49.3 Å². The van der Waals surface area contributed by atoms with Gasteiger partial charge in [0, 0.05) is 6.54 Å². The van der Waals surface area contributed by atoms with Crippen molar-refractivity contribution in [2.75, 3.05) is 13.1 Å². The molecule has 2 N–H and O–H groups in total. The van der Waals surface area contributed by atoms with Crippen LogP contribution in [-0.2, 0) is 4.79 Å². The number of hydrogen-bond acceptors (Lipinski definition) is 2. The van der Waals surface area contributed by atoms with Crippen LogP contribution in [0.4, 0.5) is 0 Å². The lowest BCUT2D eigenvalue weighted by Gasteiger charge is -2.23. The Kier molecular flexibility index (Phi) is 5.40. The molecule has 104 valence electrons. The fourth-order valence-electron chi connectivity index (χ4n) is 2.86. The Morgan fingerprint density at radius 2 is 1.89 bits per heavy atom. The highest BCUT2D eigenvalue weighted by molar-refractivity contribution is 5.76. The molecule has 3 nitrogen and oxygen atoms in total. The van der Waals surface area contributed by atoms with Crippen LogP contribution in [-0.4, -0.2) is 24.2 Å². The summed E-state index contributed by atoms with van der Waals surface area (Å²) in [5.41, 5.74) is 0.881. The van der Waals surface area contributed by atoms with Gasteiger partial charge in [-0.05, 0) is 30.9 Å². The molecule has 1 aliphatic carbocycles. The number of carbonyl (C=O) groups is 1. The molecule has 0 aromatic heterocycles. The maximum atomic E-state index is 11.3. The van der Waals surface area contributed by atoms with Crippen molar-refractivity contribution in [3.8, 4) is 0 Å². The lowest BCUT2D eigenvalue weighted by molar-refractivity contribution is -0.138. The normalized spacial score (nSPS) is 18.1. The summed E-state index contributed by atoms with van der Waals surface area (Å²) in [6, 6.07) is 9.48. The number of aliphatic carboxylic acids is 1.